The minimum absolute atomic E-state index is 0.110. The van der Waals surface area contributed by atoms with Crippen LogP contribution in [0.2, 0.25) is 0 Å². The average molecular weight is 297 g/mol. The highest BCUT2D eigenvalue weighted by Gasteiger charge is 2.31. The standard InChI is InChI=1S/C14H10F3NOS/c15-14(16,17)9-3-1-8(2-4-9)10-7-12(19)18-11-5-6-20-13(10)11/h1-6,10H,7H2,(H,18,19). The number of thiophene rings is 1. The van der Waals surface area contributed by atoms with Gasteiger partial charge in [0.2, 0.25) is 5.91 Å². The van der Waals surface area contributed by atoms with E-state index in [1.54, 1.807) is 0 Å². The molecule has 1 aliphatic rings. The lowest BCUT2D eigenvalue weighted by molar-refractivity contribution is -0.137. The number of rotatable bonds is 1. The molecule has 3 rings (SSSR count). The van der Waals surface area contributed by atoms with E-state index in [4.69, 9.17) is 0 Å². The number of hydrogen-bond acceptors (Lipinski definition) is 2. The van der Waals surface area contributed by atoms with Crippen molar-refractivity contribution in [3.05, 3.63) is 51.7 Å². The summed E-state index contributed by atoms with van der Waals surface area (Å²) in [5, 5.41) is 4.64. The minimum Gasteiger partial charge on any atom is -0.325 e. The summed E-state index contributed by atoms with van der Waals surface area (Å²) in [5.74, 6) is -0.276. The molecule has 0 bridgehead atoms. The van der Waals surface area contributed by atoms with E-state index in [1.807, 2.05) is 11.4 Å². The van der Waals surface area contributed by atoms with Gasteiger partial charge in [0.25, 0.3) is 0 Å². The Morgan fingerprint density at radius 1 is 1.15 bits per heavy atom. The van der Waals surface area contributed by atoms with E-state index in [0.29, 0.717) is 0 Å². The fraction of sp³-hybridized carbons (Fsp3) is 0.214. The lowest BCUT2D eigenvalue weighted by atomic mass is 9.90. The van der Waals surface area contributed by atoms with Crippen molar-refractivity contribution in [3.63, 3.8) is 0 Å². The van der Waals surface area contributed by atoms with E-state index in [9.17, 15) is 18.0 Å². The molecule has 2 heterocycles. The van der Waals surface area contributed by atoms with E-state index >= 15 is 0 Å². The predicted octanol–water partition coefficient (Wildman–Crippen LogP) is 4.24. The van der Waals surface area contributed by atoms with Gasteiger partial charge in [-0.2, -0.15) is 13.2 Å². The quantitative estimate of drug-likeness (QED) is 0.838. The van der Waals surface area contributed by atoms with Crippen molar-refractivity contribution in [1.29, 1.82) is 0 Å². The molecule has 1 N–H and O–H groups in total. The molecule has 0 spiro atoms. The largest absolute Gasteiger partial charge is 0.416 e. The first-order valence-electron chi connectivity index (χ1n) is 5.99. The number of anilines is 1. The average Bonchev–Trinajstić information content (AvgIpc) is 2.85. The number of halogens is 3. The van der Waals surface area contributed by atoms with Crippen LogP contribution >= 0.6 is 11.3 Å². The molecule has 1 aliphatic heterocycles. The molecule has 2 nitrogen and oxygen atoms in total. The molecule has 104 valence electrons. The molecular formula is C14H10F3NOS. The van der Waals surface area contributed by atoms with E-state index in [2.05, 4.69) is 5.32 Å². The number of amides is 1. The minimum atomic E-state index is -4.34. The highest BCUT2D eigenvalue weighted by Crippen LogP contribution is 2.41. The Balaban J connectivity index is 1.96. The summed E-state index contributed by atoms with van der Waals surface area (Å²) in [6.45, 7) is 0. The van der Waals surface area contributed by atoms with Gasteiger partial charge in [0.15, 0.2) is 0 Å². The van der Waals surface area contributed by atoms with Crippen molar-refractivity contribution in [2.45, 2.75) is 18.5 Å². The van der Waals surface area contributed by atoms with Crippen molar-refractivity contribution in [1.82, 2.24) is 0 Å². The third-order valence-electron chi connectivity index (χ3n) is 3.32. The number of alkyl halides is 3. The van der Waals surface area contributed by atoms with Crippen LogP contribution in [0.15, 0.2) is 35.7 Å². The van der Waals surface area contributed by atoms with Gasteiger partial charge in [0, 0.05) is 17.2 Å². The van der Waals surface area contributed by atoms with E-state index in [1.165, 1.54) is 23.5 Å². The molecule has 0 fully saturated rings. The Kier molecular flexibility index (Phi) is 3.05. The Bertz CT molecular complexity index is 645. The molecule has 1 atom stereocenters. The molecule has 0 radical (unpaired) electrons. The number of hydrogen-bond donors (Lipinski definition) is 1. The van der Waals surface area contributed by atoms with Crippen molar-refractivity contribution in [2.75, 3.05) is 5.32 Å². The third-order valence-corrected chi connectivity index (χ3v) is 4.35. The SMILES string of the molecule is O=C1CC(c2ccc(C(F)(F)F)cc2)c2sccc2N1. The van der Waals surface area contributed by atoms with Gasteiger partial charge in [-0.3, -0.25) is 4.79 Å². The third kappa shape index (κ3) is 2.31. The summed E-state index contributed by atoms with van der Waals surface area (Å²) >= 11 is 1.50. The zero-order chi connectivity index (χ0) is 14.3. The summed E-state index contributed by atoms with van der Waals surface area (Å²) in [6, 6.07) is 6.85. The second kappa shape index (κ2) is 4.63. The zero-order valence-corrected chi connectivity index (χ0v) is 11.0. The molecule has 20 heavy (non-hydrogen) atoms. The summed E-state index contributed by atoms with van der Waals surface area (Å²) in [7, 11) is 0. The van der Waals surface area contributed by atoms with Crippen molar-refractivity contribution < 1.29 is 18.0 Å². The van der Waals surface area contributed by atoms with E-state index in [-0.39, 0.29) is 18.2 Å². The maximum atomic E-state index is 12.6. The van der Waals surface area contributed by atoms with E-state index < -0.39 is 11.7 Å². The lowest BCUT2D eigenvalue weighted by Gasteiger charge is -2.23. The molecular weight excluding hydrogens is 287 g/mol. The molecule has 2 aromatic rings. The Morgan fingerprint density at radius 2 is 1.85 bits per heavy atom. The van der Waals surface area contributed by atoms with E-state index in [0.717, 1.165) is 28.3 Å². The van der Waals surface area contributed by atoms with Crippen LogP contribution < -0.4 is 5.32 Å². The van der Waals surface area contributed by atoms with Gasteiger partial charge in [0.1, 0.15) is 0 Å². The zero-order valence-electron chi connectivity index (χ0n) is 10.2. The molecule has 0 saturated heterocycles. The number of carbonyl (C=O) groups excluding carboxylic acids is 1. The molecule has 1 aromatic heterocycles. The highest BCUT2D eigenvalue weighted by molar-refractivity contribution is 7.10. The maximum absolute atomic E-state index is 12.6. The van der Waals surface area contributed by atoms with Gasteiger partial charge in [-0.15, -0.1) is 11.3 Å². The van der Waals surface area contributed by atoms with Crippen molar-refractivity contribution >= 4 is 22.9 Å². The molecule has 6 heteroatoms. The number of carbonyl (C=O) groups is 1. The molecule has 1 aromatic carbocycles. The Morgan fingerprint density at radius 3 is 2.50 bits per heavy atom. The van der Waals surface area contributed by atoms with Crippen LogP contribution in [0.3, 0.4) is 0 Å². The van der Waals surface area contributed by atoms with Gasteiger partial charge in [-0.05, 0) is 29.1 Å². The summed E-state index contributed by atoms with van der Waals surface area (Å²) in [5.41, 5.74) is 0.820. The van der Waals surface area contributed by atoms with Gasteiger partial charge >= 0.3 is 6.18 Å². The summed E-state index contributed by atoms with van der Waals surface area (Å²) in [4.78, 5) is 12.6. The first kappa shape index (κ1) is 13.2. The second-order valence-corrected chi connectivity index (χ2v) is 5.57. The van der Waals surface area contributed by atoms with Gasteiger partial charge in [0.05, 0.1) is 11.3 Å². The topological polar surface area (TPSA) is 29.1 Å². The van der Waals surface area contributed by atoms with Crippen LogP contribution in [0.4, 0.5) is 18.9 Å². The molecule has 0 saturated carbocycles. The van der Waals surface area contributed by atoms with Crippen LogP contribution in [-0.4, -0.2) is 5.91 Å². The number of benzene rings is 1. The highest BCUT2D eigenvalue weighted by atomic mass is 32.1. The Hall–Kier alpha value is -1.82. The van der Waals surface area contributed by atoms with Crippen LogP contribution in [0.25, 0.3) is 0 Å². The first-order chi connectivity index (χ1) is 9.45. The molecule has 1 unspecified atom stereocenters. The van der Waals surface area contributed by atoms with Gasteiger partial charge in [-0.25, -0.2) is 0 Å². The van der Waals surface area contributed by atoms with Crippen LogP contribution in [0.1, 0.15) is 28.3 Å². The molecule has 1 amide bonds. The fourth-order valence-electron chi connectivity index (χ4n) is 2.35. The van der Waals surface area contributed by atoms with Crippen LogP contribution in [0.5, 0.6) is 0 Å². The first-order valence-corrected chi connectivity index (χ1v) is 6.87. The lowest BCUT2D eigenvalue weighted by Crippen LogP contribution is -2.22. The van der Waals surface area contributed by atoms with Gasteiger partial charge in [-0.1, -0.05) is 12.1 Å². The number of nitrogens with one attached hydrogen (secondary N) is 1. The molecule has 0 aliphatic carbocycles. The van der Waals surface area contributed by atoms with Gasteiger partial charge < -0.3 is 5.32 Å². The number of fused-ring (bicyclic) bond motifs is 1. The smallest absolute Gasteiger partial charge is 0.325 e. The maximum Gasteiger partial charge on any atom is 0.416 e. The van der Waals surface area contributed by atoms with Crippen LogP contribution in [0, 0.1) is 0 Å². The second-order valence-electron chi connectivity index (χ2n) is 4.62. The summed E-state index contributed by atoms with van der Waals surface area (Å²) < 4.78 is 37.7. The van der Waals surface area contributed by atoms with Crippen LogP contribution in [-0.2, 0) is 11.0 Å². The fourth-order valence-corrected chi connectivity index (χ4v) is 3.33. The summed E-state index contributed by atoms with van der Waals surface area (Å²) in [6.07, 6.45) is -4.07. The Labute approximate surface area is 117 Å². The van der Waals surface area contributed by atoms with Crippen molar-refractivity contribution in [3.8, 4) is 0 Å². The monoisotopic (exact) mass is 297 g/mol. The van der Waals surface area contributed by atoms with Crippen molar-refractivity contribution in [2.24, 2.45) is 0 Å². The normalized spacial score (nSPS) is 18.6. The predicted molar refractivity (Wildman–Crippen MR) is 70.9 cm³/mol.